The van der Waals surface area contributed by atoms with Gasteiger partial charge in [-0.1, -0.05) is 148 Å². The summed E-state index contributed by atoms with van der Waals surface area (Å²) in [5, 5.41) is 0. The first-order valence-corrected chi connectivity index (χ1v) is 23.8. The Hall–Kier alpha value is -6.64. The average Bonchev–Trinajstić information content (AvgIpc) is 4.04. The summed E-state index contributed by atoms with van der Waals surface area (Å²) in [6.07, 6.45) is 9.33. The maximum atomic E-state index is 2.65. The van der Waals surface area contributed by atoms with Crippen LogP contribution >= 0.6 is 0 Å². The molecule has 6 bridgehead atoms. The lowest BCUT2D eigenvalue weighted by molar-refractivity contribution is 0.420. The first-order chi connectivity index (χ1) is 31.5. The van der Waals surface area contributed by atoms with E-state index in [-0.39, 0.29) is 5.41 Å². The van der Waals surface area contributed by atoms with Crippen molar-refractivity contribution in [2.24, 2.45) is 11.8 Å². The molecule has 314 valence electrons. The van der Waals surface area contributed by atoms with E-state index in [4.69, 9.17) is 0 Å². The number of nitrogens with zero attached hydrogens (tertiary/aromatic N) is 2. The van der Waals surface area contributed by atoms with Gasteiger partial charge < -0.3 is 9.80 Å². The summed E-state index contributed by atoms with van der Waals surface area (Å²) in [6, 6.07) is 71.6. The van der Waals surface area contributed by atoms with Gasteiger partial charge in [0, 0.05) is 39.4 Å². The molecule has 2 fully saturated rings. The lowest BCUT2D eigenvalue weighted by atomic mass is 9.81. The third-order valence-electron chi connectivity index (χ3n) is 15.5. The number of rotatable bonds is 8. The fourth-order valence-electron chi connectivity index (χ4n) is 12.2. The van der Waals surface area contributed by atoms with Crippen LogP contribution in [0.15, 0.2) is 188 Å². The van der Waals surface area contributed by atoms with Crippen LogP contribution in [0.2, 0.25) is 0 Å². The standard InChI is InChI=1S/C62H56N2/c1-62(2)57-21-13-12-20-53(57)56-40-55(45-14-6-3-7-15-45)61(41-58(56)62)64(52-34-32-46(33-35-52)54-37-44-26-31-49(54)36-44)60-39-43-23-28-47-27-22-42(24-29-48(60)30-25-43)38-59(47)63(50-16-8-4-9-17-50)51-18-10-5-11-19-51/h3-22,25,27,30,32-35,38-41,44,49,54H,23-24,26,28-29,31,36-37H2,1-2H3. The van der Waals surface area contributed by atoms with E-state index in [1.807, 2.05) is 0 Å². The van der Waals surface area contributed by atoms with E-state index < -0.39 is 0 Å². The first-order valence-electron chi connectivity index (χ1n) is 23.8. The van der Waals surface area contributed by atoms with Crippen molar-refractivity contribution < 1.29 is 0 Å². The van der Waals surface area contributed by atoms with Gasteiger partial charge in [0.1, 0.15) is 0 Å². The van der Waals surface area contributed by atoms with E-state index in [0.29, 0.717) is 5.92 Å². The summed E-state index contributed by atoms with van der Waals surface area (Å²) in [7, 11) is 0. The minimum atomic E-state index is -0.133. The number of anilines is 6. The molecule has 64 heavy (non-hydrogen) atoms. The second-order valence-electron chi connectivity index (χ2n) is 19.6. The molecule has 3 atom stereocenters. The predicted molar refractivity (Wildman–Crippen MR) is 268 cm³/mol. The highest BCUT2D eigenvalue weighted by Gasteiger charge is 2.40. The SMILES string of the molecule is CC1(C)c2ccccc2-c2cc(-c3ccccc3)c(N(c3ccc(C4CC5CCC4C5)cc3)c3cc4ccc3CCc3ccc(c(N(c5ccccc5)c5ccccc5)c3)CC4)cc21. The normalized spacial score (nSPS) is 18.9. The molecule has 0 amide bonds. The molecule has 0 aromatic heterocycles. The van der Waals surface area contributed by atoms with Crippen LogP contribution in [0, 0.1) is 11.8 Å². The van der Waals surface area contributed by atoms with Crippen molar-refractivity contribution in [3.8, 4) is 22.3 Å². The van der Waals surface area contributed by atoms with Crippen LogP contribution in [0.5, 0.6) is 0 Å². The van der Waals surface area contributed by atoms with E-state index in [2.05, 4.69) is 212 Å². The van der Waals surface area contributed by atoms with Gasteiger partial charge in [-0.05, 0) is 179 Å². The average molecular weight is 829 g/mol. The van der Waals surface area contributed by atoms with E-state index in [0.717, 1.165) is 37.5 Å². The molecule has 0 heterocycles. The fraction of sp³-hybridized carbons (Fsp3) is 0.226. The molecule has 2 nitrogen and oxygen atoms in total. The van der Waals surface area contributed by atoms with Crippen LogP contribution in [0.25, 0.3) is 22.3 Å². The topological polar surface area (TPSA) is 6.48 Å². The molecule has 2 saturated carbocycles. The van der Waals surface area contributed by atoms with Crippen LogP contribution in [0.3, 0.4) is 0 Å². The van der Waals surface area contributed by atoms with Crippen molar-refractivity contribution >= 4 is 34.1 Å². The van der Waals surface area contributed by atoms with Gasteiger partial charge in [0.15, 0.2) is 0 Å². The molecule has 8 aromatic carbocycles. The maximum absolute atomic E-state index is 2.65. The second-order valence-corrected chi connectivity index (χ2v) is 19.6. The summed E-state index contributed by atoms with van der Waals surface area (Å²) in [5.74, 6) is 2.46. The van der Waals surface area contributed by atoms with Gasteiger partial charge in [-0.25, -0.2) is 0 Å². The number of fused-ring (bicyclic) bond motifs is 5. The maximum Gasteiger partial charge on any atom is 0.0543 e. The number of para-hydroxylation sites is 2. The number of hydrogen-bond acceptors (Lipinski definition) is 2. The quantitative estimate of drug-likeness (QED) is 0.151. The van der Waals surface area contributed by atoms with Crippen LogP contribution in [0.1, 0.15) is 84.4 Å². The van der Waals surface area contributed by atoms with Gasteiger partial charge in [0.05, 0.1) is 5.69 Å². The van der Waals surface area contributed by atoms with Crippen molar-refractivity contribution in [2.75, 3.05) is 9.80 Å². The molecule has 0 aliphatic heterocycles. The zero-order chi connectivity index (χ0) is 42.8. The smallest absolute Gasteiger partial charge is 0.0543 e. The number of benzene rings is 8. The van der Waals surface area contributed by atoms with Gasteiger partial charge >= 0.3 is 0 Å². The van der Waals surface area contributed by atoms with E-state index in [1.165, 1.54) is 121 Å². The summed E-state index contributed by atoms with van der Waals surface area (Å²) < 4.78 is 0. The predicted octanol–water partition coefficient (Wildman–Crippen LogP) is 16.4. The summed E-state index contributed by atoms with van der Waals surface area (Å²) in [5.41, 5.74) is 22.3. The van der Waals surface area contributed by atoms with Gasteiger partial charge in [0.2, 0.25) is 0 Å². The Kier molecular flexibility index (Phi) is 9.66. The van der Waals surface area contributed by atoms with Crippen LogP contribution in [0.4, 0.5) is 34.1 Å². The molecule has 2 heteroatoms. The molecule has 7 aliphatic rings. The van der Waals surface area contributed by atoms with Crippen molar-refractivity contribution in [2.45, 2.75) is 76.5 Å². The Morgan fingerprint density at radius 2 is 1.00 bits per heavy atom. The van der Waals surface area contributed by atoms with Crippen molar-refractivity contribution in [1.29, 1.82) is 0 Å². The van der Waals surface area contributed by atoms with Crippen molar-refractivity contribution in [3.63, 3.8) is 0 Å². The molecule has 7 aliphatic carbocycles. The Labute approximate surface area is 379 Å². The summed E-state index contributed by atoms with van der Waals surface area (Å²) in [6.45, 7) is 4.83. The Morgan fingerprint density at radius 1 is 0.422 bits per heavy atom. The van der Waals surface area contributed by atoms with Crippen LogP contribution < -0.4 is 9.80 Å². The molecule has 0 N–H and O–H groups in total. The van der Waals surface area contributed by atoms with Gasteiger partial charge in [0.25, 0.3) is 0 Å². The molecule has 3 unspecified atom stereocenters. The summed E-state index contributed by atoms with van der Waals surface area (Å²) >= 11 is 0. The molecule has 15 rings (SSSR count). The fourth-order valence-corrected chi connectivity index (χ4v) is 12.2. The third kappa shape index (κ3) is 6.78. The molecular formula is C62H56N2. The van der Waals surface area contributed by atoms with E-state index >= 15 is 0 Å². The highest BCUT2D eigenvalue weighted by atomic mass is 15.2. The minimum Gasteiger partial charge on any atom is -0.310 e. The zero-order valence-corrected chi connectivity index (χ0v) is 37.2. The lowest BCUT2D eigenvalue weighted by Gasteiger charge is -2.33. The molecule has 8 aromatic rings. The molecule has 0 saturated heterocycles. The summed E-state index contributed by atoms with van der Waals surface area (Å²) in [4.78, 5) is 5.11. The van der Waals surface area contributed by atoms with Crippen LogP contribution in [-0.4, -0.2) is 0 Å². The number of hydrogen-bond donors (Lipinski definition) is 0. The highest BCUT2D eigenvalue weighted by Crippen LogP contribution is 2.55. The minimum absolute atomic E-state index is 0.133. The van der Waals surface area contributed by atoms with Gasteiger partial charge in [-0.15, -0.1) is 0 Å². The Bertz CT molecular complexity index is 2950. The zero-order valence-electron chi connectivity index (χ0n) is 37.2. The van der Waals surface area contributed by atoms with Crippen molar-refractivity contribution in [3.05, 3.63) is 227 Å². The van der Waals surface area contributed by atoms with Crippen molar-refractivity contribution in [1.82, 2.24) is 0 Å². The van der Waals surface area contributed by atoms with Crippen LogP contribution in [-0.2, 0) is 31.1 Å². The first kappa shape index (κ1) is 39.0. The lowest BCUT2D eigenvalue weighted by Crippen LogP contribution is -2.18. The number of aryl methyl sites for hydroxylation is 4. The Morgan fingerprint density at radius 3 is 1.61 bits per heavy atom. The largest absolute Gasteiger partial charge is 0.310 e. The molecular weight excluding hydrogens is 773 g/mol. The van der Waals surface area contributed by atoms with Gasteiger partial charge in [-0.2, -0.15) is 0 Å². The highest BCUT2D eigenvalue weighted by molar-refractivity contribution is 5.95. The Balaban J connectivity index is 1.01. The van der Waals surface area contributed by atoms with Gasteiger partial charge in [-0.3, -0.25) is 0 Å². The molecule has 0 spiro atoms. The third-order valence-corrected chi connectivity index (χ3v) is 15.5. The monoisotopic (exact) mass is 828 g/mol. The second kappa shape index (κ2) is 15.9. The van der Waals surface area contributed by atoms with E-state index in [1.54, 1.807) is 0 Å². The molecule has 0 radical (unpaired) electrons. The van der Waals surface area contributed by atoms with E-state index in [9.17, 15) is 0 Å².